The van der Waals surface area contributed by atoms with Crippen LogP contribution in [-0.4, -0.2) is 18.8 Å². The molecule has 0 radical (unpaired) electrons. The number of hydrogen-bond acceptors (Lipinski definition) is 2. The van der Waals surface area contributed by atoms with Gasteiger partial charge in [0.25, 0.3) is 0 Å². The molecule has 0 fully saturated rings. The first-order valence-corrected chi connectivity index (χ1v) is 5.01. The number of methoxy groups -OCH3 is 1. The van der Waals surface area contributed by atoms with Gasteiger partial charge in [0.1, 0.15) is 5.75 Å². The van der Waals surface area contributed by atoms with Crippen LogP contribution >= 0.6 is 34.8 Å². The Morgan fingerprint density at radius 1 is 1.36 bits per heavy atom. The van der Waals surface area contributed by atoms with Gasteiger partial charge in [-0.25, -0.2) is 0 Å². The largest absolute Gasteiger partial charge is 0.497 e. The Labute approximate surface area is 96.7 Å². The molecule has 0 spiro atoms. The number of ether oxygens (including phenoxy) is 1. The summed E-state index contributed by atoms with van der Waals surface area (Å²) in [6.45, 7) is 0. The topological polar surface area (TPSA) is 26.3 Å². The third-order valence-corrected chi connectivity index (χ3v) is 2.49. The third kappa shape index (κ3) is 2.32. The van der Waals surface area contributed by atoms with Gasteiger partial charge in [-0.15, -0.1) is 11.6 Å². The molecule has 76 valence electrons. The Bertz CT molecular complexity index is 340. The normalized spacial score (nSPS) is 10.0. The second-order valence-electron chi connectivity index (χ2n) is 2.52. The first-order valence-electron chi connectivity index (χ1n) is 3.72. The zero-order valence-corrected chi connectivity index (χ0v) is 9.58. The van der Waals surface area contributed by atoms with Gasteiger partial charge in [0, 0.05) is 0 Å². The van der Waals surface area contributed by atoms with Crippen LogP contribution < -0.4 is 4.74 Å². The van der Waals surface area contributed by atoms with Crippen molar-refractivity contribution >= 4 is 40.6 Å². The van der Waals surface area contributed by atoms with E-state index < -0.39 is 0 Å². The van der Waals surface area contributed by atoms with Crippen molar-refractivity contribution in [3.63, 3.8) is 0 Å². The Kier molecular flexibility index (Phi) is 4.05. The maximum Gasteiger partial charge on any atom is 0.180 e. The third-order valence-electron chi connectivity index (χ3n) is 1.65. The van der Waals surface area contributed by atoms with E-state index in [0.29, 0.717) is 5.75 Å². The molecule has 0 bridgehead atoms. The van der Waals surface area contributed by atoms with Crippen molar-refractivity contribution < 1.29 is 9.53 Å². The number of Topliss-reactive ketones (excluding diaryl/α,β-unsaturated/α-hetero) is 1. The first-order chi connectivity index (χ1) is 6.60. The van der Waals surface area contributed by atoms with Crippen molar-refractivity contribution in [2.45, 2.75) is 0 Å². The summed E-state index contributed by atoms with van der Waals surface area (Å²) < 4.78 is 4.93. The molecule has 0 saturated carbocycles. The molecule has 0 aromatic heterocycles. The van der Waals surface area contributed by atoms with E-state index in [0.717, 1.165) is 0 Å². The average Bonchev–Trinajstić information content (AvgIpc) is 2.16. The summed E-state index contributed by atoms with van der Waals surface area (Å²) >= 11 is 17.1. The van der Waals surface area contributed by atoms with E-state index in [2.05, 4.69) is 0 Å². The van der Waals surface area contributed by atoms with E-state index >= 15 is 0 Å². The van der Waals surface area contributed by atoms with Crippen LogP contribution in [0.1, 0.15) is 10.4 Å². The quantitative estimate of drug-likeness (QED) is 0.609. The van der Waals surface area contributed by atoms with Crippen LogP contribution in [0.25, 0.3) is 0 Å². The van der Waals surface area contributed by atoms with Gasteiger partial charge in [0.05, 0.1) is 28.6 Å². The highest BCUT2D eigenvalue weighted by Crippen LogP contribution is 2.30. The summed E-state index contributed by atoms with van der Waals surface area (Å²) in [5.41, 5.74) is 0.240. The highest BCUT2D eigenvalue weighted by Gasteiger charge is 2.15. The fraction of sp³-hybridized carbons (Fsp3) is 0.222. The molecule has 0 saturated heterocycles. The fourth-order valence-electron chi connectivity index (χ4n) is 1.00. The number of carbonyl (C=O) groups excluding carboxylic acids is 1. The van der Waals surface area contributed by atoms with Crippen molar-refractivity contribution in [1.29, 1.82) is 0 Å². The van der Waals surface area contributed by atoms with Gasteiger partial charge in [-0.2, -0.15) is 0 Å². The molecule has 14 heavy (non-hydrogen) atoms. The predicted octanol–water partition coefficient (Wildman–Crippen LogP) is 3.42. The summed E-state index contributed by atoms with van der Waals surface area (Å²) in [6, 6.07) is 3.04. The van der Waals surface area contributed by atoms with E-state index in [9.17, 15) is 4.79 Å². The number of rotatable bonds is 3. The molecule has 0 unspecified atom stereocenters. The number of hydrogen-bond donors (Lipinski definition) is 0. The van der Waals surface area contributed by atoms with Crippen LogP contribution in [0.4, 0.5) is 0 Å². The van der Waals surface area contributed by atoms with E-state index in [4.69, 9.17) is 39.5 Å². The highest BCUT2D eigenvalue weighted by atomic mass is 35.5. The average molecular weight is 254 g/mol. The number of carbonyl (C=O) groups is 1. The van der Waals surface area contributed by atoms with Crippen LogP contribution in [0.15, 0.2) is 12.1 Å². The van der Waals surface area contributed by atoms with Crippen molar-refractivity contribution in [3.05, 3.63) is 27.7 Å². The molecule has 0 aliphatic heterocycles. The summed E-state index contributed by atoms with van der Waals surface area (Å²) in [4.78, 5) is 11.3. The van der Waals surface area contributed by atoms with Crippen molar-refractivity contribution in [1.82, 2.24) is 0 Å². The molecule has 0 aliphatic carbocycles. The van der Waals surface area contributed by atoms with E-state index in [-0.39, 0.29) is 27.3 Å². The van der Waals surface area contributed by atoms with Gasteiger partial charge in [0.2, 0.25) is 0 Å². The number of alkyl halides is 1. The van der Waals surface area contributed by atoms with E-state index in [1.807, 2.05) is 0 Å². The second-order valence-corrected chi connectivity index (χ2v) is 3.60. The Morgan fingerprint density at radius 2 is 1.86 bits per heavy atom. The summed E-state index contributed by atoms with van der Waals surface area (Å²) in [6.07, 6.45) is 0. The highest BCUT2D eigenvalue weighted by molar-refractivity contribution is 6.42. The fourth-order valence-corrected chi connectivity index (χ4v) is 1.81. The maximum atomic E-state index is 11.3. The molecule has 2 nitrogen and oxygen atoms in total. The van der Waals surface area contributed by atoms with Crippen molar-refractivity contribution in [2.24, 2.45) is 0 Å². The SMILES string of the molecule is COc1cc(Cl)c(C(=O)CCl)c(Cl)c1. The van der Waals surface area contributed by atoms with E-state index in [1.54, 1.807) is 0 Å². The number of ketones is 1. The minimum atomic E-state index is -0.302. The lowest BCUT2D eigenvalue weighted by atomic mass is 10.1. The first kappa shape index (κ1) is 11.6. The monoisotopic (exact) mass is 252 g/mol. The molecule has 0 amide bonds. The molecule has 0 atom stereocenters. The predicted molar refractivity (Wildman–Crippen MR) is 58.1 cm³/mol. The summed E-state index contributed by atoms with van der Waals surface area (Å²) in [7, 11) is 1.49. The minimum Gasteiger partial charge on any atom is -0.497 e. The lowest BCUT2D eigenvalue weighted by molar-refractivity contribution is 0.102. The summed E-state index contributed by atoms with van der Waals surface area (Å²) in [5.74, 6) is 0.0571. The van der Waals surface area contributed by atoms with Crippen molar-refractivity contribution in [3.8, 4) is 5.75 Å². The molecule has 0 heterocycles. The smallest absolute Gasteiger partial charge is 0.180 e. The Balaban J connectivity index is 3.25. The lowest BCUT2D eigenvalue weighted by Gasteiger charge is -2.06. The van der Waals surface area contributed by atoms with Crippen LogP contribution in [-0.2, 0) is 0 Å². The molecular weight excluding hydrogens is 246 g/mol. The second kappa shape index (κ2) is 4.87. The van der Waals surface area contributed by atoms with Gasteiger partial charge < -0.3 is 4.74 Å². The van der Waals surface area contributed by atoms with Crippen LogP contribution in [0.5, 0.6) is 5.75 Å². The Morgan fingerprint density at radius 3 is 2.21 bits per heavy atom. The standard InChI is InChI=1S/C9H7Cl3O2/c1-14-5-2-6(11)9(7(12)3-5)8(13)4-10/h2-3H,4H2,1H3. The molecule has 0 N–H and O–H groups in total. The molecule has 1 aromatic rings. The van der Waals surface area contributed by atoms with Gasteiger partial charge in [0.15, 0.2) is 5.78 Å². The zero-order chi connectivity index (χ0) is 10.7. The zero-order valence-electron chi connectivity index (χ0n) is 7.31. The van der Waals surface area contributed by atoms with Crippen LogP contribution in [0.2, 0.25) is 10.0 Å². The van der Waals surface area contributed by atoms with Crippen LogP contribution in [0.3, 0.4) is 0 Å². The Hall–Kier alpha value is -0.440. The van der Waals surface area contributed by atoms with Gasteiger partial charge in [-0.05, 0) is 12.1 Å². The lowest BCUT2D eigenvalue weighted by Crippen LogP contribution is -2.02. The molecule has 1 rings (SSSR count). The molecule has 1 aromatic carbocycles. The van der Waals surface area contributed by atoms with Crippen molar-refractivity contribution in [2.75, 3.05) is 13.0 Å². The van der Waals surface area contributed by atoms with Crippen LogP contribution in [0, 0.1) is 0 Å². The van der Waals surface area contributed by atoms with Gasteiger partial charge in [-0.3, -0.25) is 4.79 Å². The number of benzene rings is 1. The van der Waals surface area contributed by atoms with E-state index in [1.165, 1.54) is 19.2 Å². The molecule has 0 aliphatic rings. The minimum absolute atomic E-state index is 0.147. The number of halogens is 3. The van der Waals surface area contributed by atoms with Gasteiger partial charge >= 0.3 is 0 Å². The molecular formula is C9H7Cl3O2. The maximum absolute atomic E-state index is 11.3. The summed E-state index contributed by atoms with van der Waals surface area (Å²) in [5, 5.41) is 0.500. The molecule has 5 heteroatoms. The van der Waals surface area contributed by atoms with Gasteiger partial charge in [-0.1, -0.05) is 23.2 Å².